The summed E-state index contributed by atoms with van der Waals surface area (Å²) in [4.78, 5) is 8.32. The van der Waals surface area contributed by atoms with Gasteiger partial charge in [-0.15, -0.1) is 0 Å². The molecule has 0 aromatic rings. The molecule has 8 heteroatoms. The van der Waals surface area contributed by atoms with Crippen LogP contribution in [0.5, 0.6) is 0 Å². The molecule has 0 aromatic heterocycles. The number of likely N-dealkylation sites (N-methyl/N-ethyl adjacent to an activating group) is 1. The van der Waals surface area contributed by atoms with Gasteiger partial charge in [-0.1, -0.05) is 13.8 Å². The van der Waals surface area contributed by atoms with Crippen molar-refractivity contribution in [3.8, 4) is 0 Å². The number of nitrogens with zero attached hydrogens (tertiary/aromatic N) is 3. The molecule has 5 nitrogen and oxygen atoms in total. The van der Waals surface area contributed by atoms with Crippen molar-refractivity contribution < 1.29 is 27.5 Å². The third-order valence-corrected chi connectivity index (χ3v) is 3.14. The Morgan fingerprint density at radius 1 is 1.05 bits per heavy atom. The van der Waals surface area contributed by atoms with Crippen LogP contribution in [0.4, 0.5) is 0 Å². The van der Waals surface area contributed by atoms with Crippen molar-refractivity contribution in [3.63, 3.8) is 0 Å². The molecule has 0 atom stereocenters. The van der Waals surface area contributed by atoms with Crippen LogP contribution in [0.25, 0.3) is 0 Å². The Balaban J connectivity index is 0. The monoisotopic (exact) mass is 405 g/mol. The molecule has 0 bridgehead atoms. The van der Waals surface area contributed by atoms with Crippen LogP contribution in [0.15, 0.2) is 4.99 Å². The zero-order chi connectivity index (χ0) is 15.8. The fourth-order valence-electron chi connectivity index (χ4n) is 1.63. The molecule has 0 aliphatic rings. The SMILES string of the molecule is CCN(CC)CCN(CC[S-])CC([O-])=NCC[S-].[O]=[99Tc+3]. The Kier molecular flexibility index (Phi) is 20.1. The van der Waals surface area contributed by atoms with Gasteiger partial charge in [0.2, 0.25) is 0 Å². The Morgan fingerprint density at radius 2 is 1.60 bits per heavy atom. The Hall–Kier alpha value is 0.539. The third-order valence-electron chi connectivity index (χ3n) is 2.77. The first kappa shape index (κ1) is 22.8. The summed E-state index contributed by atoms with van der Waals surface area (Å²) in [5.41, 5.74) is 0. The minimum atomic E-state index is -0.0807. The molecule has 118 valence electrons. The maximum absolute atomic E-state index is 11.6. The Bertz CT molecular complexity index is 245. The summed E-state index contributed by atoms with van der Waals surface area (Å²) in [6.07, 6.45) is 0. The summed E-state index contributed by atoms with van der Waals surface area (Å²) in [6, 6.07) is 0. The standard InChI is InChI=1S/C12H27N3OS2.O.Tc/c1-3-14(4-2)6-7-15(8-10-18)11-12(16)13-5-9-17;;/h17-18H,3-11H2,1-2H3,(H,13,16);;/q;;+3/p-3/i;;1+1. The Morgan fingerprint density at radius 3 is 2.05 bits per heavy atom. The van der Waals surface area contributed by atoms with E-state index in [-0.39, 0.29) is 5.90 Å². The molecule has 0 spiro atoms. The van der Waals surface area contributed by atoms with E-state index in [1.807, 2.05) is 0 Å². The van der Waals surface area contributed by atoms with Gasteiger partial charge in [-0.25, -0.2) is 0 Å². The van der Waals surface area contributed by atoms with E-state index in [1.165, 1.54) is 0 Å². The predicted molar refractivity (Wildman–Crippen MR) is 81.7 cm³/mol. The van der Waals surface area contributed by atoms with E-state index < -0.39 is 0 Å². The first-order valence-corrected chi connectivity index (χ1v) is 8.55. The van der Waals surface area contributed by atoms with E-state index in [0.717, 1.165) is 51.6 Å². The molecule has 0 radical (unpaired) electrons. The van der Waals surface area contributed by atoms with E-state index in [4.69, 9.17) is 28.8 Å². The molecule has 0 amide bonds. The van der Waals surface area contributed by atoms with Gasteiger partial charge in [0.1, 0.15) is 0 Å². The molecule has 0 N–H and O–H groups in total. The van der Waals surface area contributed by atoms with Crippen LogP contribution in [0.3, 0.4) is 0 Å². The summed E-state index contributed by atoms with van der Waals surface area (Å²) < 4.78 is 8.22. The molecule has 0 rings (SSSR count). The molecular formula is C12H24N3O2S2Tc. The number of hydrogen-bond donors (Lipinski definition) is 0. The number of aliphatic imine (C=N–C) groups is 1. The van der Waals surface area contributed by atoms with E-state index in [0.29, 0.717) is 24.6 Å². The molecule has 0 heterocycles. The van der Waals surface area contributed by atoms with Crippen LogP contribution >= 0.6 is 0 Å². The van der Waals surface area contributed by atoms with Gasteiger partial charge in [0.25, 0.3) is 0 Å². The molecule has 0 aliphatic heterocycles. The average molecular weight is 405 g/mol. The van der Waals surface area contributed by atoms with Crippen LogP contribution < -0.4 is 5.11 Å². The third kappa shape index (κ3) is 13.5. The van der Waals surface area contributed by atoms with Gasteiger partial charge >= 0.3 is 22.4 Å². The van der Waals surface area contributed by atoms with Crippen LogP contribution in [0.1, 0.15) is 13.8 Å². The predicted octanol–water partition coefficient (Wildman–Crippen LogP) is -0.638. The summed E-state index contributed by atoms with van der Waals surface area (Å²) in [7, 11) is 0. The topological polar surface area (TPSA) is 59.0 Å². The van der Waals surface area contributed by atoms with Crippen molar-refractivity contribution in [2.24, 2.45) is 4.99 Å². The Labute approximate surface area is 144 Å². The normalized spacial score (nSPS) is 11.6. The van der Waals surface area contributed by atoms with Crippen LogP contribution in [0.2, 0.25) is 0 Å². The van der Waals surface area contributed by atoms with Gasteiger partial charge in [-0.3, -0.25) is 4.90 Å². The van der Waals surface area contributed by atoms with Crippen LogP contribution in [-0.4, -0.2) is 73.0 Å². The number of hydrogen-bond acceptors (Lipinski definition) is 7. The second kappa shape index (κ2) is 17.6. The molecule has 0 fully saturated rings. The zero-order valence-corrected chi connectivity index (χ0v) is 15.7. The molecule has 0 aliphatic carbocycles. The van der Waals surface area contributed by atoms with Crippen LogP contribution in [0, 0.1) is 0 Å². The van der Waals surface area contributed by atoms with E-state index in [1.54, 1.807) is 0 Å². The summed E-state index contributed by atoms with van der Waals surface area (Å²) in [5.74, 6) is 1.07. The van der Waals surface area contributed by atoms with Crippen molar-refractivity contribution in [2.45, 2.75) is 13.8 Å². The van der Waals surface area contributed by atoms with E-state index >= 15 is 0 Å². The molecule has 20 heavy (non-hydrogen) atoms. The summed E-state index contributed by atoms with van der Waals surface area (Å²) in [6.45, 7) is 9.78. The van der Waals surface area contributed by atoms with Gasteiger partial charge in [-0.05, 0) is 25.5 Å². The summed E-state index contributed by atoms with van der Waals surface area (Å²) in [5, 5.41) is 11.6. The molecule has 0 aromatic carbocycles. The van der Waals surface area contributed by atoms with Crippen molar-refractivity contribution in [3.05, 3.63) is 0 Å². The van der Waals surface area contributed by atoms with Gasteiger partial charge in [0.05, 0.1) is 0 Å². The van der Waals surface area contributed by atoms with Crippen molar-refractivity contribution >= 4 is 31.2 Å². The molecule has 0 saturated carbocycles. The van der Waals surface area contributed by atoms with Gasteiger partial charge < -0.3 is 40.3 Å². The summed E-state index contributed by atoms with van der Waals surface area (Å²) >= 11 is 10.7. The minimum absolute atomic E-state index is 0.0807. The molecule has 0 unspecified atom stereocenters. The van der Waals surface area contributed by atoms with Crippen molar-refractivity contribution in [2.75, 3.05) is 57.3 Å². The second-order valence-corrected chi connectivity index (χ2v) is 4.80. The second-order valence-electron chi connectivity index (χ2n) is 3.99. The van der Waals surface area contributed by atoms with Gasteiger partial charge in [0, 0.05) is 26.2 Å². The van der Waals surface area contributed by atoms with E-state index in [2.05, 4.69) is 28.6 Å². The van der Waals surface area contributed by atoms with Gasteiger partial charge in [0.15, 0.2) is 0 Å². The van der Waals surface area contributed by atoms with E-state index in [9.17, 15) is 5.11 Å². The first-order valence-electron chi connectivity index (χ1n) is 6.64. The number of rotatable bonds is 11. The zero-order valence-electron chi connectivity index (χ0n) is 12.2. The molecule has 0 saturated heterocycles. The fourth-order valence-corrected chi connectivity index (χ4v) is 1.98. The quantitative estimate of drug-likeness (QED) is 0.259. The average Bonchev–Trinajstić information content (AvgIpc) is 2.48. The van der Waals surface area contributed by atoms with Crippen molar-refractivity contribution in [1.82, 2.24) is 9.80 Å². The van der Waals surface area contributed by atoms with Crippen LogP contribution in [-0.2, 0) is 47.6 Å². The molecular weight excluding hydrogens is 381 g/mol. The first-order chi connectivity index (χ1) is 9.67. The van der Waals surface area contributed by atoms with Gasteiger partial charge in [-0.2, -0.15) is 11.5 Å². The fraction of sp³-hybridized carbons (Fsp3) is 0.917. The van der Waals surface area contributed by atoms with Crippen molar-refractivity contribution in [1.29, 1.82) is 0 Å². The maximum atomic E-state index is 11.6.